The van der Waals surface area contributed by atoms with Crippen LogP contribution in [-0.4, -0.2) is 51.7 Å². The minimum atomic E-state index is -0.0442. The van der Waals surface area contributed by atoms with Gasteiger partial charge in [0.05, 0.1) is 23.8 Å². The summed E-state index contributed by atoms with van der Waals surface area (Å²) in [6, 6.07) is 8.80. The van der Waals surface area contributed by atoms with Crippen LogP contribution in [-0.2, 0) is 4.79 Å². The predicted molar refractivity (Wildman–Crippen MR) is 115 cm³/mol. The van der Waals surface area contributed by atoms with E-state index in [9.17, 15) is 4.79 Å². The summed E-state index contributed by atoms with van der Waals surface area (Å²) in [6.45, 7) is 2.31. The van der Waals surface area contributed by atoms with Gasteiger partial charge in [0.25, 0.3) is 0 Å². The van der Waals surface area contributed by atoms with E-state index in [2.05, 4.69) is 15.3 Å². The Morgan fingerprint density at radius 1 is 1.17 bits per heavy atom. The molecule has 1 aliphatic carbocycles. The van der Waals surface area contributed by atoms with E-state index in [1.165, 1.54) is 19.3 Å². The van der Waals surface area contributed by atoms with Crippen LogP contribution in [0.25, 0.3) is 5.69 Å². The Kier molecular flexibility index (Phi) is 6.72. The number of piperidine rings is 1. The standard InChI is InChI=1S/C22H29ClN4O2/c23-12-2-5-22(28)25-17-15-24-27(16-17)19-6-8-20(9-7-19)29-21-10-13-26(14-11-21)18-3-1-4-18/h6-9,15-16,18,21H,1-5,10-14H2,(H,25,28). The fourth-order valence-corrected chi connectivity index (χ4v) is 4.09. The van der Waals surface area contributed by atoms with Crippen LogP contribution in [0.2, 0.25) is 0 Å². The van der Waals surface area contributed by atoms with Crippen LogP contribution in [0, 0.1) is 0 Å². The fourth-order valence-electron chi connectivity index (χ4n) is 3.96. The van der Waals surface area contributed by atoms with Crippen molar-refractivity contribution >= 4 is 23.2 Å². The Hall–Kier alpha value is -2.05. The topological polar surface area (TPSA) is 59.4 Å². The van der Waals surface area contributed by atoms with E-state index in [-0.39, 0.29) is 5.91 Å². The molecule has 1 amide bonds. The number of hydrogen-bond donors (Lipinski definition) is 1. The second kappa shape index (κ2) is 9.63. The molecular weight excluding hydrogens is 388 g/mol. The third-order valence-electron chi connectivity index (χ3n) is 5.88. The number of carbonyl (C=O) groups excluding carboxylic acids is 1. The summed E-state index contributed by atoms with van der Waals surface area (Å²) in [4.78, 5) is 14.4. The molecule has 1 aromatic carbocycles. The maximum Gasteiger partial charge on any atom is 0.224 e. The van der Waals surface area contributed by atoms with Crippen LogP contribution in [0.15, 0.2) is 36.7 Å². The van der Waals surface area contributed by atoms with Crippen molar-refractivity contribution in [3.8, 4) is 11.4 Å². The zero-order chi connectivity index (χ0) is 20.1. The summed E-state index contributed by atoms with van der Waals surface area (Å²) >= 11 is 5.63. The van der Waals surface area contributed by atoms with Crippen molar-refractivity contribution in [3.05, 3.63) is 36.7 Å². The van der Waals surface area contributed by atoms with Crippen LogP contribution in [0.3, 0.4) is 0 Å². The molecule has 0 atom stereocenters. The number of nitrogens with one attached hydrogen (secondary N) is 1. The number of amides is 1. The molecule has 2 heterocycles. The van der Waals surface area contributed by atoms with Crippen LogP contribution in [0.1, 0.15) is 44.9 Å². The van der Waals surface area contributed by atoms with Crippen molar-refractivity contribution in [3.63, 3.8) is 0 Å². The zero-order valence-corrected chi connectivity index (χ0v) is 17.5. The lowest BCUT2D eigenvalue weighted by atomic mass is 9.90. The highest BCUT2D eigenvalue weighted by molar-refractivity contribution is 6.18. The summed E-state index contributed by atoms with van der Waals surface area (Å²) in [5, 5.41) is 7.18. The van der Waals surface area contributed by atoms with Gasteiger partial charge in [0.15, 0.2) is 0 Å². The lowest BCUT2D eigenvalue weighted by molar-refractivity contribution is -0.116. The van der Waals surface area contributed by atoms with E-state index in [0.717, 1.165) is 43.4 Å². The molecule has 1 N–H and O–H groups in total. The summed E-state index contributed by atoms with van der Waals surface area (Å²) in [5.41, 5.74) is 1.61. The molecule has 1 aliphatic heterocycles. The van der Waals surface area contributed by atoms with Crippen LogP contribution >= 0.6 is 11.6 Å². The van der Waals surface area contributed by atoms with E-state index >= 15 is 0 Å². The molecule has 2 aromatic rings. The first-order chi connectivity index (χ1) is 14.2. The molecule has 2 fully saturated rings. The van der Waals surface area contributed by atoms with Gasteiger partial charge >= 0.3 is 0 Å². The summed E-state index contributed by atoms with van der Waals surface area (Å²) in [6.07, 6.45) is 11.2. The third kappa shape index (κ3) is 5.31. The van der Waals surface area contributed by atoms with Gasteiger partial charge in [-0.15, -0.1) is 11.6 Å². The smallest absolute Gasteiger partial charge is 0.224 e. The number of benzene rings is 1. The third-order valence-corrected chi connectivity index (χ3v) is 6.14. The molecule has 2 aliphatic rings. The van der Waals surface area contributed by atoms with E-state index in [0.29, 0.717) is 30.5 Å². The van der Waals surface area contributed by atoms with Crippen molar-refractivity contribution in [2.45, 2.75) is 57.1 Å². The van der Waals surface area contributed by atoms with Crippen molar-refractivity contribution in [1.29, 1.82) is 0 Å². The Balaban J connectivity index is 1.27. The molecule has 4 rings (SSSR count). The second-order valence-corrected chi connectivity index (χ2v) is 8.32. The molecule has 0 unspecified atom stereocenters. The SMILES string of the molecule is O=C(CCCCl)Nc1cnn(-c2ccc(OC3CCN(C4CCC4)CC3)cc2)c1. The quantitative estimate of drug-likeness (QED) is 0.654. The van der Waals surface area contributed by atoms with Gasteiger partial charge in [-0.25, -0.2) is 4.68 Å². The second-order valence-electron chi connectivity index (χ2n) is 7.95. The Morgan fingerprint density at radius 2 is 1.93 bits per heavy atom. The normalized spacial score (nSPS) is 18.4. The average Bonchev–Trinajstić information content (AvgIpc) is 3.15. The van der Waals surface area contributed by atoms with Gasteiger partial charge in [-0.3, -0.25) is 4.79 Å². The number of ether oxygens (including phenoxy) is 1. The van der Waals surface area contributed by atoms with Crippen LogP contribution in [0.5, 0.6) is 5.75 Å². The lowest BCUT2D eigenvalue weighted by Gasteiger charge is -2.41. The Bertz CT molecular complexity index is 795. The number of likely N-dealkylation sites (tertiary alicyclic amines) is 1. The molecule has 1 saturated heterocycles. The average molecular weight is 417 g/mol. The molecular formula is C22H29ClN4O2. The first kappa shape index (κ1) is 20.2. The first-order valence-electron chi connectivity index (χ1n) is 10.6. The van der Waals surface area contributed by atoms with E-state index in [4.69, 9.17) is 16.3 Å². The molecule has 1 aromatic heterocycles. The van der Waals surface area contributed by atoms with Gasteiger partial charge in [-0.2, -0.15) is 5.10 Å². The molecule has 0 spiro atoms. The number of anilines is 1. The number of hydrogen-bond acceptors (Lipinski definition) is 4. The van der Waals surface area contributed by atoms with E-state index in [1.54, 1.807) is 10.9 Å². The van der Waals surface area contributed by atoms with Gasteiger partial charge in [0.1, 0.15) is 11.9 Å². The summed E-state index contributed by atoms with van der Waals surface area (Å²) in [7, 11) is 0. The Morgan fingerprint density at radius 3 is 2.59 bits per heavy atom. The Labute approximate surface area is 177 Å². The molecule has 6 nitrogen and oxygen atoms in total. The van der Waals surface area contributed by atoms with Crippen molar-refractivity contribution in [1.82, 2.24) is 14.7 Å². The van der Waals surface area contributed by atoms with Gasteiger partial charge in [-0.1, -0.05) is 6.42 Å². The summed E-state index contributed by atoms with van der Waals surface area (Å²) < 4.78 is 7.95. The van der Waals surface area contributed by atoms with Crippen LogP contribution < -0.4 is 10.1 Å². The van der Waals surface area contributed by atoms with Crippen LogP contribution in [0.4, 0.5) is 5.69 Å². The highest BCUT2D eigenvalue weighted by atomic mass is 35.5. The molecule has 0 radical (unpaired) electrons. The highest BCUT2D eigenvalue weighted by Crippen LogP contribution is 2.28. The maximum atomic E-state index is 11.8. The minimum Gasteiger partial charge on any atom is -0.490 e. The lowest BCUT2D eigenvalue weighted by Crippen LogP contribution is -2.46. The molecule has 7 heteroatoms. The number of aromatic nitrogens is 2. The molecule has 156 valence electrons. The molecule has 29 heavy (non-hydrogen) atoms. The van der Waals surface area contributed by atoms with Gasteiger partial charge < -0.3 is 15.0 Å². The number of halogens is 1. The number of rotatable bonds is 8. The van der Waals surface area contributed by atoms with Crippen molar-refractivity contribution in [2.75, 3.05) is 24.3 Å². The number of nitrogens with zero attached hydrogens (tertiary/aromatic N) is 3. The van der Waals surface area contributed by atoms with Crippen molar-refractivity contribution < 1.29 is 9.53 Å². The zero-order valence-electron chi connectivity index (χ0n) is 16.7. The van der Waals surface area contributed by atoms with E-state index in [1.807, 2.05) is 30.5 Å². The predicted octanol–water partition coefficient (Wildman–Crippen LogP) is 4.23. The highest BCUT2D eigenvalue weighted by Gasteiger charge is 2.29. The van der Waals surface area contributed by atoms with Gasteiger partial charge in [0, 0.05) is 31.4 Å². The number of carbonyl (C=O) groups is 1. The minimum absolute atomic E-state index is 0.0442. The van der Waals surface area contributed by atoms with Crippen molar-refractivity contribution in [2.24, 2.45) is 0 Å². The van der Waals surface area contributed by atoms with E-state index < -0.39 is 0 Å². The molecule has 1 saturated carbocycles. The fraction of sp³-hybridized carbons (Fsp3) is 0.545. The monoisotopic (exact) mass is 416 g/mol. The molecule has 0 bridgehead atoms. The largest absolute Gasteiger partial charge is 0.490 e. The summed E-state index contributed by atoms with van der Waals surface area (Å²) in [5.74, 6) is 1.34. The maximum absolute atomic E-state index is 11.8. The van der Waals surface area contributed by atoms with Gasteiger partial charge in [0.2, 0.25) is 5.91 Å². The van der Waals surface area contributed by atoms with Gasteiger partial charge in [-0.05, 0) is 56.4 Å². The number of alkyl halides is 1. The first-order valence-corrected chi connectivity index (χ1v) is 11.2.